The van der Waals surface area contributed by atoms with E-state index in [-0.39, 0.29) is 41.4 Å². The molecule has 190 valence electrons. The summed E-state index contributed by atoms with van der Waals surface area (Å²) in [6.07, 6.45) is 1.21. The second-order valence-electron chi connectivity index (χ2n) is 8.62. The van der Waals surface area contributed by atoms with Gasteiger partial charge in [-0.1, -0.05) is 17.7 Å². The Morgan fingerprint density at radius 1 is 1.17 bits per heavy atom. The number of halogens is 2. The molecule has 1 amide bonds. The molecule has 0 bridgehead atoms. The van der Waals surface area contributed by atoms with Crippen LogP contribution in [-0.2, 0) is 26.1 Å². The molecule has 0 unspecified atom stereocenters. The van der Waals surface area contributed by atoms with Gasteiger partial charge in [-0.2, -0.15) is 4.31 Å². The van der Waals surface area contributed by atoms with Crippen LogP contribution in [0.25, 0.3) is 0 Å². The maximum Gasteiger partial charge on any atom is 0.246 e. The summed E-state index contributed by atoms with van der Waals surface area (Å²) in [7, 11) is -2.39. The lowest BCUT2D eigenvalue weighted by Crippen LogP contribution is -2.40. The standard InChI is InChI=1S/C24H29ClFN3O5S/c1-33-22-6-5-18(15-23(22)35(31,32)29-11-13-34-14-12-29)27-24(30)17-7-9-28(10-8-17)16-19-20(25)3-2-4-21(19)26/h2-6,15,17H,7-14,16H2,1H3,(H,27,30). The highest BCUT2D eigenvalue weighted by molar-refractivity contribution is 7.89. The maximum absolute atomic E-state index is 14.1. The van der Waals surface area contributed by atoms with Crippen LogP contribution in [0.5, 0.6) is 5.75 Å². The predicted octanol–water partition coefficient (Wildman–Crippen LogP) is 3.36. The van der Waals surface area contributed by atoms with E-state index in [0.717, 1.165) is 0 Å². The van der Waals surface area contributed by atoms with E-state index < -0.39 is 10.0 Å². The molecule has 8 nitrogen and oxygen atoms in total. The second-order valence-corrected chi connectivity index (χ2v) is 10.9. The lowest BCUT2D eigenvalue weighted by Gasteiger charge is -2.31. The van der Waals surface area contributed by atoms with Crippen molar-refractivity contribution < 1.29 is 27.1 Å². The monoisotopic (exact) mass is 525 g/mol. The Morgan fingerprint density at radius 3 is 2.54 bits per heavy atom. The summed E-state index contributed by atoms with van der Waals surface area (Å²) >= 11 is 6.14. The molecule has 2 aromatic carbocycles. The molecule has 0 spiro atoms. The Balaban J connectivity index is 1.40. The fraction of sp³-hybridized carbons (Fsp3) is 0.458. The van der Waals surface area contributed by atoms with Gasteiger partial charge in [0.1, 0.15) is 16.5 Å². The van der Waals surface area contributed by atoms with Crippen LogP contribution < -0.4 is 10.1 Å². The molecule has 0 atom stereocenters. The Morgan fingerprint density at radius 2 is 1.89 bits per heavy atom. The maximum atomic E-state index is 14.1. The lowest BCUT2D eigenvalue weighted by atomic mass is 9.95. The summed E-state index contributed by atoms with van der Waals surface area (Å²) in [5.41, 5.74) is 0.854. The first-order valence-corrected chi connectivity index (χ1v) is 13.3. The first-order valence-electron chi connectivity index (χ1n) is 11.5. The van der Waals surface area contributed by atoms with E-state index in [4.69, 9.17) is 21.1 Å². The highest BCUT2D eigenvalue weighted by Crippen LogP contribution is 2.31. The number of rotatable bonds is 7. The number of hydrogen-bond donors (Lipinski definition) is 1. The van der Waals surface area contributed by atoms with Crippen molar-refractivity contribution in [3.63, 3.8) is 0 Å². The van der Waals surface area contributed by atoms with Crippen LogP contribution in [0.2, 0.25) is 5.02 Å². The van der Waals surface area contributed by atoms with Crippen LogP contribution in [-0.4, -0.2) is 70.0 Å². The number of piperidine rings is 1. The van der Waals surface area contributed by atoms with Crippen molar-refractivity contribution in [1.29, 1.82) is 0 Å². The number of methoxy groups -OCH3 is 1. The van der Waals surface area contributed by atoms with Gasteiger partial charge in [0.15, 0.2) is 0 Å². The quantitative estimate of drug-likeness (QED) is 0.596. The second kappa shape index (κ2) is 11.2. The molecule has 2 saturated heterocycles. The van der Waals surface area contributed by atoms with Crippen molar-refractivity contribution in [3.8, 4) is 5.75 Å². The average Bonchev–Trinajstić information content (AvgIpc) is 2.87. The van der Waals surface area contributed by atoms with Crippen molar-refractivity contribution in [1.82, 2.24) is 9.21 Å². The highest BCUT2D eigenvalue weighted by atomic mass is 35.5. The number of nitrogens with one attached hydrogen (secondary N) is 1. The number of morpholine rings is 1. The Bertz CT molecular complexity index is 1150. The van der Waals surface area contributed by atoms with Crippen LogP contribution in [0.1, 0.15) is 18.4 Å². The zero-order valence-electron chi connectivity index (χ0n) is 19.5. The third-order valence-electron chi connectivity index (χ3n) is 6.42. The number of likely N-dealkylation sites (tertiary alicyclic amines) is 1. The summed E-state index contributed by atoms with van der Waals surface area (Å²) in [6, 6.07) is 9.26. The lowest BCUT2D eigenvalue weighted by molar-refractivity contribution is -0.121. The summed E-state index contributed by atoms with van der Waals surface area (Å²) in [4.78, 5) is 15.0. The zero-order chi connectivity index (χ0) is 25.0. The number of nitrogens with zero attached hydrogens (tertiary/aromatic N) is 2. The summed E-state index contributed by atoms with van der Waals surface area (Å²) in [5, 5.41) is 3.25. The van der Waals surface area contributed by atoms with Crippen molar-refractivity contribution in [2.45, 2.75) is 24.3 Å². The zero-order valence-corrected chi connectivity index (χ0v) is 21.1. The van der Waals surface area contributed by atoms with E-state index in [0.29, 0.717) is 62.0 Å². The van der Waals surface area contributed by atoms with Gasteiger partial charge in [0, 0.05) is 41.8 Å². The van der Waals surface area contributed by atoms with E-state index >= 15 is 0 Å². The molecule has 2 aliphatic rings. The summed E-state index contributed by atoms with van der Waals surface area (Å²) < 4.78 is 52.4. The average molecular weight is 526 g/mol. The van der Waals surface area contributed by atoms with Gasteiger partial charge < -0.3 is 14.8 Å². The number of carbonyl (C=O) groups is 1. The molecule has 2 fully saturated rings. The number of hydrogen-bond acceptors (Lipinski definition) is 6. The van der Waals surface area contributed by atoms with Crippen molar-refractivity contribution in [2.24, 2.45) is 5.92 Å². The van der Waals surface area contributed by atoms with E-state index in [1.54, 1.807) is 24.3 Å². The van der Waals surface area contributed by atoms with Crippen LogP contribution in [0, 0.1) is 11.7 Å². The minimum atomic E-state index is -3.80. The van der Waals surface area contributed by atoms with Gasteiger partial charge in [-0.05, 0) is 56.3 Å². The number of carbonyl (C=O) groups excluding carboxylic acids is 1. The smallest absolute Gasteiger partial charge is 0.246 e. The van der Waals surface area contributed by atoms with Gasteiger partial charge in [-0.25, -0.2) is 12.8 Å². The summed E-state index contributed by atoms with van der Waals surface area (Å²) in [6.45, 7) is 2.84. The molecule has 4 rings (SSSR count). The van der Waals surface area contributed by atoms with Crippen molar-refractivity contribution in [3.05, 3.63) is 52.8 Å². The van der Waals surface area contributed by atoms with Crippen molar-refractivity contribution >= 4 is 33.2 Å². The van der Waals surface area contributed by atoms with E-state index in [9.17, 15) is 17.6 Å². The fourth-order valence-corrected chi connectivity index (χ4v) is 6.20. The van der Waals surface area contributed by atoms with E-state index in [1.165, 1.54) is 23.5 Å². The first kappa shape index (κ1) is 25.8. The number of amides is 1. The predicted molar refractivity (Wildman–Crippen MR) is 131 cm³/mol. The van der Waals surface area contributed by atoms with Crippen LogP contribution in [0.15, 0.2) is 41.3 Å². The molecule has 0 saturated carbocycles. The van der Waals surface area contributed by atoms with Gasteiger partial charge in [0.2, 0.25) is 15.9 Å². The van der Waals surface area contributed by atoms with Gasteiger partial charge in [0.05, 0.1) is 20.3 Å². The molecule has 0 aliphatic carbocycles. The Labute approximate surface area is 210 Å². The number of ether oxygens (including phenoxy) is 2. The van der Waals surface area contributed by atoms with Gasteiger partial charge >= 0.3 is 0 Å². The normalized spacial score (nSPS) is 18.4. The third kappa shape index (κ3) is 5.95. The number of sulfonamides is 1. The van der Waals surface area contributed by atoms with Gasteiger partial charge in [-0.15, -0.1) is 0 Å². The van der Waals surface area contributed by atoms with Gasteiger partial charge in [-0.3, -0.25) is 9.69 Å². The summed E-state index contributed by atoms with van der Waals surface area (Å²) in [5.74, 6) is -0.522. The van der Waals surface area contributed by atoms with Crippen LogP contribution in [0.4, 0.5) is 10.1 Å². The van der Waals surface area contributed by atoms with Crippen LogP contribution in [0.3, 0.4) is 0 Å². The first-order chi connectivity index (χ1) is 16.8. The molecule has 35 heavy (non-hydrogen) atoms. The molecule has 11 heteroatoms. The third-order valence-corrected chi connectivity index (χ3v) is 8.69. The molecular formula is C24H29ClFN3O5S. The van der Waals surface area contributed by atoms with E-state index in [2.05, 4.69) is 10.2 Å². The van der Waals surface area contributed by atoms with E-state index in [1.807, 2.05) is 0 Å². The molecule has 0 radical (unpaired) electrons. The molecule has 2 aliphatic heterocycles. The Hall–Kier alpha value is -2.24. The van der Waals surface area contributed by atoms with Gasteiger partial charge in [0.25, 0.3) is 0 Å². The minimum Gasteiger partial charge on any atom is -0.495 e. The number of anilines is 1. The molecule has 2 aromatic rings. The topological polar surface area (TPSA) is 88.2 Å². The molecular weight excluding hydrogens is 497 g/mol. The minimum absolute atomic E-state index is 0.0104. The van der Waals surface area contributed by atoms with Crippen molar-refractivity contribution in [2.75, 3.05) is 51.8 Å². The molecule has 1 N–H and O–H groups in total. The fourth-order valence-electron chi connectivity index (χ4n) is 4.39. The Kier molecular flexibility index (Phi) is 8.28. The number of benzene rings is 2. The largest absolute Gasteiger partial charge is 0.495 e. The van der Waals surface area contributed by atoms with Crippen LogP contribution >= 0.6 is 11.6 Å². The SMILES string of the molecule is COc1ccc(NC(=O)C2CCN(Cc3c(F)cccc3Cl)CC2)cc1S(=O)(=O)N1CCOCC1. The highest BCUT2D eigenvalue weighted by Gasteiger charge is 2.30. The molecule has 0 aromatic heterocycles. The molecule has 2 heterocycles.